The molecule has 0 aliphatic carbocycles. The van der Waals surface area contributed by atoms with Crippen LogP contribution in [0.2, 0.25) is 0 Å². The normalized spacial score (nSPS) is 14.3. The molecule has 0 aliphatic rings. The van der Waals surface area contributed by atoms with Crippen molar-refractivity contribution in [3.05, 3.63) is 0 Å². The van der Waals surface area contributed by atoms with Gasteiger partial charge < -0.3 is 16.2 Å². The number of nitrogens with two attached hydrogens (primary N) is 1. The maximum absolute atomic E-state index is 11.5. The lowest BCUT2D eigenvalue weighted by atomic mass is 10.1. The van der Waals surface area contributed by atoms with E-state index in [0.717, 1.165) is 6.42 Å². The molecule has 5 heteroatoms. The minimum Gasteiger partial charge on any atom is -0.481 e. The highest BCUT2D eigenvalue weighted by molar-refractivity contribution is 5.82. The van der Waals surface area contributed by atoms with Gasteiger partial charge in [-0.05, 0) is 12.8 Å². The molecule has 88 valence electrons. The first-order chi connectivity index (χ1) is 7.01. The van der Waals surface area contributed by atoms with E-state index in [9.17, 15) is 9.59 Å². The molecule has 1 amide bonds. The van der Waals surface area contributed by atoms with Crippen molar-refractivity contribution in [3.8, 4) is 0 Å². The van der Waals surface area contributed by atoms with Crippen LogP contribution in [0, 0.1) is 0 Å². The smallest absolute Gasteiger partial charge is 0.305 e. The third kappa shape index (κ3) is 6.06. The Balaban J connectivity index is 4.05. The molecule has 0 rings (SSSR count). The lowest BCUT2D eigenvalue weighted by Crippen LogP contribution is -2.45. The lowest BCUT2D eigenvalue weighted by Gasteiger charge is -2.17. The van der Waals surface area contributed by atoms with Gasteiger partial charge in [0, 0.05) is 6.04 Å². The Morgan fingerprint density at radius 2 is 2.00 bits per heavy atom. The zero-order chi connectivity index (χ0) is 11.8. The molecule has 5 nitrogen and oxygen atoms in total. The maximum atomic E-state index is 11.5. The first-order valence-corrected chi connectivity index (χ1v) is 5.29. The van der Waals surface area contributed by atoms with Gasteiger partial charge in [0.15, 0.2) is 0 Å². The quantitative estimate of drug-likeness (QED) is 0.577. The molecule has 0 fully saturated rings. The Labute approximate surface area is 90.0 Å². The summed E-state index contributed by atoms with van der Waals surface area (Å²) in [4.78, 5) is 21.9. The summed E-state index contributed by atoms with van der Waals surface area (Å²) in [6, 6.07) is -0.851. The van der Waals surface area contributed by atoms with E-state index in [1.54, 1.807) is 0 Å². The van der Waals surface area contributed by atoms with E-state index in [4.69, 9.17) is 10.8 Å². The van der Waals surface area contributed by atoms with Crippen LogP contribution in [0.25, 0.3) is 0 Å². The van der Waals surface area contributed by atoms with Crippen molar-refractivity contribution < 1.29 is 14.7 Å². The number of aliphatic carboxylic acids is 1. The third-order valence-electron chi connectivity index (χ3n) is 2.20. The van der Waals surface area contributed by atoms with Crippen molar-refractivity contribution in [1.82, 2.24) is 5.32 Å². The highest BCUT2D eigenvalue weighted by Gasteiger charge is 2.18. The number of carbonyl (C=O) groups is 2. The second-order valence-corrected chi connectivity index (χ2v) is 3.61. The minimum atomic E-state index is -0.911. The Morgan fingerprint density at radius 1 is 1.40 bits per heavy atom. The molecule has 0 aliphatic heterocycles. The van der Waals surface area contributed by atoms with Crippen molar-refractivity contribution in [2.24, 2.45) is 5.73 Å². The van der Waals surface area contributed by atoms with E-state index >= 15 is 0 Å². The third-order valence-corrected chi connectivity index (χ3v) is 2.20. The Morgan fingerprint density at radius 3 is 2.40 bits per heavy atom. The van der Waals surface area contributed by atoms with Gasteiger partial charge >= 0.3 is 5.97 Å². The van der Waals surface area contributed by atoms with Crippen molar-refractivity contribution in [2.75, 3.05) is 0 Å². The lowest BCUT2D eigenvalue weighted by molar-refractivity contribution is -0.137. The predicted octanol–water partition coefficient (Wildman–Crippen LogP) is 0.483. The van der Waals surface area contributed by atoms with Crippen LogP contribution >= 0.6 is 0 Å². The van der Waals surface area contributed by atoms with Gasteiger partial charge in [0.1, 0.15) is 0 Å². The standard InChI is InChI=1S/C10H20N2O3/c1-3-5-8(11)10(15)12-7(4-2)6-9(13)14/h7-8H,3-6,11H2,1-2H3,(H,12,15)(H,13,14)/t7?,8-/m1/s1. The minimum absolute atomic E-state index is 0.0545. The molecule has 4 N–H and O–H groups in total. The summed E-state index contributed by atoms with van der Waals surface area (Å²) in [7, 11) is 0. The highest BCUT2D eigenvalue weighted by atomic mass is 16.4. The number of carboxylic acids is 1. The second kappa shape index (κ2) is 7.23. The molecule has 0 bridgehead atoms. The van der Waals surface area contributed by atoms with Gasteiger partial charge in [0.05, 0.1) is 12.5 Å². The number of hydrogen-bond acceptors (Lipinski definition) is 3. The fourth-order valence-electron chi connectivity index (χ4n) is 1.26. The Kier molecular flexibility index (Phi) is 6.70. The summed E-state index contributed by atoms with van der Waals surface area (Å²) in [5, 5.41) is 11.2. The molecule has 0 aromatic carbocycles. The van der Waals surface area contributed by atoms with Crippen LogP contribution in [0.4, 0.5) is 0 Å². The Hall–Kier alpha value is -1.10. The molecule has 15 heavy (non-hydrogen) atoms. The van der Waals surface area contributed by atoms with Gasteiger partial charge in [-0.3, -0.25) is 9.59 Å². The monoisotopic (exact) mass is 216 g/mol. The molecule has 0 aromatic rings. The van der Waals surface area contributed by atoms with Crippen molar-refractivity contribution in [1.29, 1.82) is 0 Å². The highest BCUT2D eigenvalue weighted by Crippen LogP contribution is 2.00. The van der Waals surface area contributed by atoms with E-state index in [0.29, 0.717) is 12.8 Å². The summed E-state index contributed by atoms with van der Waals surface area (Å²) in [6.45, 7) is 3.78. The molecule has 1 unspecified atom stereocenters. The van der Waals surface area contributed by atoms with Gasteiger partial charge in [-0.15, -0.1) is 0 Å². The van der Waals surface area contributed by atoms with E-state index in [1.165, 1.54) is 0 Å². The van der Waals surface area contributed by atoms with Crippen LogP contribution in [0.1, 0.15) is 39.5 Å². The van der Waals surface area contributed by atoms with Crippen molar-refractivity contribution in [3.63, 3.8) is 0 Å². The van der Waals surface area contributed by atoms with Gasteiger partial charge in [-0.2, -0.15) is 0 Å². The molecule has 0 aromatic heterocycles. The predicted molar refractivity (Wildman–Crippen MR) is 57.4 cm³/mol. The first kappa shape index (κ1) is 13.9. The molecule has 0 heterocycles. The van der Waals surface area contributed by atoms with E-state index < -0.39 is 12.0 Å². The fraction of sp³-hybridized carbons (Fsp3) is 0.800. The van der Waals surface area contributed by atoms with Crippen LogP contribution in [0.3, 0.4) is 0 Å². The summed E-state index contributed by atoms with van der Waals surface area (Å²) in [5.74, 6) is -1.17. The summed E-state index contributed by atoms with van der Waals surface area (Å²) in [5.41, 5.74) is 5.60. The zero-order valence-electron chi connectivity index (χ0n) is 9.32. The average Bonchev–Trinajstić information content (AvgIpc) is 2.16. The summed E-state index contributed by atoms with van der Waals surface area (Å²) in [6.07, 6.45) is 2.00. The molecule has 2 atom stereocenters. The van der Waals surface area contributed by atoms with E-state index in [-0.39, 0.29) is 18.4 Å². The Bertz CT molecular complexity index is 219. The number of carboxylic acid groups (broad SMARTS) is 1. The van der Waals surface area contributed by atoms with Gasteiger partial charge in [-0.25, -0.2) is 0 Å². The maximum Gasteiger partial charge on any atom is 0.305 e. The molecular formula is C10H20N2O3. The fourth-order valence-corrected chi connectivity index (χ4v) is 1.26. The van der Waals surface area contributed by atoms with E-state index in [1.807, 2.05) is 13.8 Å². The number of carbonyl (C=O) groups excluding carboxylic acids is 1. The van der Waals surface area contributed by atoms with Crippen LogP contribution in [0.15, 0.2) is 0 Å². The SMILES string of the molecule is CCC[C@@H](N)C(=O)NC(CC)CC(=O)O. The average molecular weight is 216 g/mol. The molecule has 0 saturated heterocycles. The first-order valence-electron chi connectivity index (χ1n) is 5.29. The van der Waals surface area contributed by atoms with Gasteiger partial charge in [0.25, 0.3) is 0 Å². The number of amides is 1. The van der Waals surface area contributed by atoms with Crippen molar-refractivity contribution in [2.45, 2.75) is 51.6 Å². The van der Waals surface area contributed by atoms with Gasteiger partial charge in [0.2, 0.25) is 5.91 Å². The van der Waals surface area contributed by atoms with Crippen LogP contribution in [-0.2, 0) is 9.59 Å². The number of rotatable bonds is 7. The summed E-state index contributed by atoms with van der Waals surface area (Å²) >= 11 is 0. The van der Waals surface area contributed by atoms with Crippen LogP contribution in [0.5, 0.6) is 0 Å². The molecule has 0 radical (unpaired) electrons. The van der Waals surface area contributed by atoms with E-state index in [2.05, 4.69) is 5.32 Å². The molecular weight excluding hydrogens is 196 g/mol. The van der Waals surface area contributed by atoms with Crippen LogP contribution in [-0.4, -0.2) is 29.1 Å². The van der Waals surface area contributed by atoms with Crippen molar-refractivity contribution >= 4 is 11.9 Å². The second-order valence-electron chi connectivity index (χ2n) is 3.61. The largest absolute Gasteiger partial charge is 0.481 e. The summed E-state index contributed by atoms with van der Waals surface area (Å²) < 4.78 is 0. The number of hydrogen-bond donors (Lipinski definition) is 3. The molecule has 0 saturated carbocycles. The van der Waals surface area contributed by atoms with Crippen LogP contribution < -0.4 is 11.1 Å². The van der Waals surface area contributed by atoms with Gasteiger partial charge in [-0.1, -0.05) is 20.3 Å². The number of nitrogens with one attached hydrogen (secondary N) is 1. The topological polar surface area (TPSA) is 92.4 Å². The molecule has 0 spiro atoms. The zero-order valence-corrected chi connectivity index (χ0v) is 9.32.